The zero-order valence-electron chi connectivity index (χ0n) is 13.8. The van der Waals surface area contributed by atoms with E-state index < -0.39 is 17.9 Å². The molecule has 126 valence electrons. The van der Waals surface area contributed by atoms with E-state index >= 15 is 0 Å². The summed E-state index contributed by atoms with van der Waals surface area (Å²) in [4.78, 5) is 37.7. The van der Waals surface area contributed by atoms with Gasteiger partial charge in [0.05, 0.1) is 18.8 Å². The maximum atomic E-state index is 12.1. The molecule has 0 aliphatic rings. The molecule has 0 spiro atoms. The fraction of sp³-hybridized carbons (Fsp3) is 0.438. The molecular weight excluding hydrogens is 300 g/mol. The van der Waals surface area contributed by atoms with Crippen molar-refractivity contribution in [1.29, 1.82) is 0 Å². The van der Waals surface area contributed by atoms with E-state index in [9.17, 15) is 14.4 Å². The Hall–Kier alpha value is -2.57. The van der Waals surface area contributed by atoms with Crippen molar-refractivity contribution in [2.75, 3.05) is 33.0 Å². The first-order chi connectivity index (χ1) is 10.8. The highest BCUT2D eigenvalue weighted by molar-refractivity contribution is 6.03. The molecule has 0 bridgehead atoms. The summed E-state index contributed by atoms with van der Waals surface area (Å²) in [5.74, 6) is -3.02. The van der Waals surface area contributed by atoms with Crippen LogP contribution in [0, 0.1) is 0 Å². The number of nitrogens with two attached hydrogens (primary N) is 1. The number of hydrogen-bond donors (Lipinski definition) is 1. The van der Waals surface area contributed by atoms with Crippen LogP contribution in [0.25, 0.3) is 0 Å². The van der Waals surface area contributed by atoms with E-state index in [1.165, 1.54) is 23.1 Å². The van der Waals surface area contributed by atoms with Gasteiger partial charge in [-0.05, 0) is 31.5 Å². The normalized spacial score (nSPS) is 10.3. The van der Waals surface area contributed by atoms with Gasteiger partial charge in [0, 0.05) is 19.8 Å². The second-order valence-electron chi connectivity index (χ2n) is 4.98. The summed E-state index contributed by atoms with van der Waals surface area (Å²) in [6.07, 6.45) is 0. The molecule has 2 N–H and O–H groups in total. The zero-order valence-corrected chi connectivity index (χ0v) is 13.8. The Morgan fingerprint density at radius 3 is 2.04 bits per heavy atom. The van der Waals surface area contributed by atoms with Crippen molar-refractivity contribution in [2.45, 2.75) is 19.8 Å². The minimum Gasteiger partial charge on any atom is -0.465 e. The molecule has 0 heterocycles. The Balaban J connectivity index is 3.31. The van der Waals surface area contributed by atoms with Crippen molar-refractivity contribution < 1.29 is 23.9 Å². The number of esters is 2. The summed E-state index contributed by atoms with van der Waals surface area (Å²) in [6, 6.07) is 4.42. The average molecular weight is 322 g/mol. The van der Waals surface area contributed by atoms with E-state index in [0.717, 1.165) is 0 Å². The van der Waals surface area contributed by atoms with Crippen LogP contribution in [0.1, 0.15) is 35.7 Å². The summed E-state index contributed by atoms with van der Waals surface area (Å²) >= 11 is 0. The topological polar surface area (TPSA) is 98.9 Å². The molecule has 7 nitrogen and oxygen atoms in total. The summed E-state index contributed by atoms with van der Waals surface area (Å²) in [5.41, 5.74) is 6.60. The van der Waals surface area contributed by atoms with Gasteiger partial charge in [-0.25, -0.2) is 0 Å². The number of carbonyl (C=O) groups excluding carboxylic acids is 3. The predicted octanol–water partition coefficient (Wildman–Crippen LogP) is 1.18. The van der Waals surface area contributed by atoms with Gasteiger partial charge < -0.3 is 20.1 Å². The molecule has 0 aromatic heterocycles. The quantitative estimate of drug-likeness (QED) is 0.480. The van der Waals surface area contributed by atoms with Gasteiger partial charge in [-0.3, -0.25) is 14.4 Å². The summed E-state index contributed by atoms with van der Waals surface area (Å²) in [7, 11) is 3.17. The second-order valence-corrected chi connectivity index (χ2v) is 4.98. The molecule has 0 radical (unpaired) electrons. The molecule has 1 amide bonds. The van der Waals surface area contributed by atoms with Crippen LogP contribution in [0.5, 0.6) is 0 Å². The van der Waals surface area contributed by atoms with Gasteiger partial charge in [0.2, 0.25) is 0 Å². The summed E-state index contributed by atoms with van der Waals surface area (Å²) < 4.78 is 9.88. The summed E-state index contributed by atoms with van der Waals surface area (Å²) in [6.45, 7) is 3.55. The lowest BCUT2D eigenvalue weighted by molar-refractivity contribution is -0.156. The Kier molecular flexibility index (Phi) is 6.56. The molecule has 0 saturated carbocycles. The van der Waals surface area contributed by atoms with Gasteiger partial charge >= 0.3 is 11.9 Å². The lowest BCUT2D eigenvalue weighted by Crippen LogP contribution is -2.27. The van der Waals surface area contributed by atoms with E-state index in [2.05, 4.69) is 0 Å². The molecule has 23 heavy (non-hydrogen) atoms. The van der Waals surface area contributed by atoms with Gasteiger partial charge in [0.15, 0.2) is 5.92 Å². The highest BCUT2D eigenvalue weighted by atomic mass is 16.6. The number of ether oxygens (including phenoxy) is 2. The number of rotatable bonds is 6. The van der Waals surface area contributed by atoms with E-state index in [1.807, 2.05) is 0 Å². The fourth-order valence-corrected chi connectivity index (χ4v) is 2.00. The van der Waals surface area contributed by atoms with Crippen molar-refractivity contribution in [2.24, 2.45) is 0 Å². The first kappa shape index (κ1) is 18.5. The van der Waals surface area contributed by atoms with Crippen LogP contribution < -0.4 is 5.73 Å². The van der Waals surface area contributed by atoms with Crippen LogP contribution >= 0.6 is 0 Å². The second kappa shape index (κ2) is 8.17. The van der Waals surface area contributed by atoms with Crippen molar-refractivity contribution >= 4 is 23.5 Å². The largest absolute Gasteiger partial charge is 0.465 e. The van der Waals surface area contributed by atoms with Crippen LogP contribution in [0.2, 0.25) is 0 Å². The SMILES string of the molecule is CCOC(=O)C(C(=O)OCC)c1ccc(N)c(C(=O)N(C)C)c1. The number of benzene rings is 1. The van der Waals surface area contributed by atoms with Gasteiger partial charge in [0.25, 0.3) is 5.91 Å². The number of carbonyl (C=O) groups is 3. The van der Waals surface area contributed by atoms with Gasteiger partial charge in [-0.15, -0.1) is 0 Å². The third-order valence-corrected chi connectivity index (χ3v) is 3.09. The molecule has 0 fully saturated rings. The number of nitrogens with zero attached hydrogens (tertiary/aromatic N) is 1. The number of hydrogen-bond acceptors (Lipinski definition) is 6. The lowest BCUT2D eigenvalue weighted by atomic mass is 9.96. The van der Waals surface area contributed by atoms with Crippen LogP contribution in [0.3, 0.4) is 0 Å². The third-order valence-electron chi connectivity index (χ3n) is 3.09. The van der Waals surface area contributed by atoms with Crippen molar-refractivity contribution in [1.82, 2.24) is 4.90 Å². The Labute approximate surface area is 135 Å². The Bertz CT molecular complexity index is 580. The average Bonchev–Trinajstić information content (AvgIpc) is 2.49. The minimum absolute atomic E-state index is 0.132. The molecule has 0 saturated heterocycles. The Morgan fingerprint density at radius 2 is 1.61 bits per heavy atom. The highest BCUT2D eigenvalue weighted by Gasteiger charge is 2.32. The predicted molar refractivity (Wildman–Crippen MR) is 84.9 cm³/mol. The van der Waals surface area contributed by atoms with Crippen molar-refractivity contribution in [3.05, 3.63) is 29.3 Å². The van der Waals surface area contributed by atoms with E-state index in [1.54, 1.807) is 27.9 Å². The van der Waals surface area contributed by atoms with Crippen molar-refractivity contribution in [3.63, 3.8) is 0 Å². The standard InChI is InChI=1S/C16H22N2O5/c1-5-22-15(20)13(16(21)23-6-2)10-7-8-12(17)11(9-10)14(19)18(3)4/h7-9,13H,5-6,17H2,1-4H3. The molecule has 1 rings (SSSR count). The maximum absolute atomic E-state index is 12.1. The number of amides is 1. The molecule has 0 aliphatic heterocycles. The molecule has 0 aliphatic carbocycles. The fourth-order valence-electron chi connectivity index (χ4n) is 2.00. The molecule has 0 atom stereocenters. The minimum atomic E-state index is -1.25. The monoisotopic (exact) mass is 322 g/mol. The van der Waals surface area contributed by atoms with E-state index in [4.69, 9.17) is 15.2 Å². The summed E-state index contributed by atoms with van der Waals surface area (Å²) in [5, 5.41) is 0. The highest BCUT2D eigenvalue weighted by Crippen LogP contribution is 2.24. The molecule has 1 aromatic carbocycles. The molecule has 7 heteroatoms. The van der Waals surface area contributed by atoms with Gasteiger partial charge in [0.1, 0.15) is 0 Å². The number of nitrogen functional groups attached to an aromatic ring is 1. The number of anilines is 1. The first-order valence-electron chi connectivity index (χ1n) is 7.27. The van der Waals surface area contributed by atoms with Crippen LogP contribution in [-0.2, 0) is 19.1 Å². The van der Waals surface area contributed by atoms with Crippen LogP contribution in [-0.4, -0.2) is 50.1 Å². The molecule has 1 aromatic rings. The van der Waals surface area contributed by atoms with Gasteiger partial charge in [-0.1, -0.05) is 6.07 Å². The third kappa shape index (κ3) is 4.45. The van der Waals surface area contributed by atoms with Crippen LogP contribution in [0.15, 0.2) is 18.2 Å². The van der Waals surface area contributed by atoms with Gasteiger partial charge in [-0.2, -0.15) is 0 Å². The smallest absolute Gasteiger partial charge is 0.324 e. The van der Waals surface area contributed by atoms with E-state index in [-0.39, 0.29) is 30.4 Å². The first-order valence-corrected chi connectivity index (χ1v) is 7.27. The lowest BCUT2D eigenvalue weighted by Gasteiger charge is -2.17. The zero-order chi connectivity index (χ0) is 17.6. The van der Waals surface area contributed by atoms with Crippen LogP contribution in [0.4, 0.5) is 5.69 Å². The molecular formula is C16H22N2O5. The Morgan fingerprint density at radius 1 is 1.09 bits per heavy atom. The van der Waals surface area contributed by atoms with Crippen molar-refractivity contribution in [3.8, 4) is 0 Å². The maximum Gasteiger partial charge on any atom is 0.324 e. The molecule has 0 unspecified atom stereocenters. The van der Waals surface area contributed by atoms with E-state index in [0.29, 0.717) is 5.56 Å².